The van der Waals surface area contributed by atoms with E-state index in [9.17, 15) is 14.7 Å². The minimum atomic E-state index is -1.20. The lowest BCUT2D eigenvalue weighted by Gasteiger charge is -2.17. The van der Waals surface area contributed by atoms with Crippen molar-refractivity contribution in [1.29, 1.82) is 0 Å². The predicted octanol–water partition coefficient (Wildman–Crippen LogP) is 2.99. The molecule has 150 valence electrons. The number of carboxylic acid groups (broad SMARTS) is 1. The fourth-order valence-electron chi connectivity index (χ4n) is 2.29. The van der Waals surface area contributed by atoms with E-state index in [1.54, 1.807) is 0 Å². The summed E-state index contributed by atoms with van der Waals surface area (Å²) < 4.78 is 16.1. The van der Waals surface area contributed by atoms with Gasteiger partial charge in [-0.1, -0.05) is 60.7 Å². The maximum atomic E-state index is 11.8. The third kappa shape index (κ3) is 8.20. The second-order valence-corrected chi connectivity index (χ2v) is 6.24. The number of carbonyl (C=O) groups is 2. The summed E-state index contributed by atoms with van der Waals surface area (Å²) in [5.41, 5.74) is 1.85. The molecule has 2 aromatic rings. The fourth-order valence-corrected chi connectivity index (χ4v) is 2.29. The Morgan fingerprint density at radius 3 is 2.07 bits per heavy atom. The van der Waals surface area contributed by atoms with Gasteiger partial charge in [0.15, 0.2) is 6.04 Å². The molecule has 2 N–H and O–H groups in total. The number of nitrogens with one attached hydrogen (secondary N) is 1. The van der Waals surface area contributed by atoms with Crippen molar-refractivity contribution < 1.29 is 28.9 Å². The van der Waals surface area contributed by atoms with E-state index >= 15 is 0 Å². The number of hydrogen-bond donors (Lipinski definition) is 2. The van der Waals surface area contributed by atoms with Crippen molar-refractivity contribution in [3.63, 3.8) is 0 Å². The number of ether oxygens (including phenoxy) is 3. The summed E-state index contributed by atoms with van der Waals surface area (Å²) >= 11 is 0. The average molecular weight is 387 g/mol. The van der Waals surface area contributed by atoms with E-state index in [1.165, 1.54) is 0 Å². The van der Waals surface area contributed by atoms with Crippen molar-refractivity contribution >= 4 is 12.1 Å². The summed E-state index contributed by atoms with van der Waals surface area (Å²) in [6.07, 6.45) is -1.03. The van der Waals surface area contributed by atoms with Gasteiger partial charge < -0.3 is 24.6 Å². The minimum absolute atomic E-state index is 0.0598. The Balaban J connectivity index is 1.67. The number of aliphatic carboxylic acids is 1. The van der Waals surface area contributed by atoms with Crippen LogP contribution in [0.25, 0.3) is 0 Å². The molecule has 0 aliphatic carbocycles. The van der Waals surface area contributed by atoms with Crippen LogP contribution in [0.1, 0.15) is 18.1 Å². The van der Waals surface area contributed by atoms with Gasteiger partial charge in [-0.25, -0.2) is 9.59 Å². The summed E-state index contributed by atoms with van der Waals surface area (Å²) in [5.74, 6) is -1.20. The molecule has 0 unspecified atom stereocenters. The lowest BCUT2D eigenvalue weighted by atomic mass is 10.2. The van der Waals surface area contributed by atoms with E-state index in [1.807, 2.05) is 67.6 Å². The normalized spacial score (nSPS) is 12.8. The number of carboxylic acids is 1. The van der Waals surface area contributed by atoms with Crippen LogP contribution < -0.4 is 5.32 Å². The summed E-state index contributed by atoms with van der Waals surface area (Å²) in [4.78, 5) is 23.1. The van der Waals surface area contributed by atoms with Crippen LogP contribution in [0.5, 0.6) is 0 Å². The SMILES string of the molecule is C[C@@H](COC[C@H](NC(=O)OCc1ccccc1)C(=O)O)OCc1ccccc1. The second kappa shape index (κ2) is 11.7. The molecule has 0 fully saturated rings. The van der Waals surface area contributed by atoms with Gasteiger partial charge in [-0.3, -0.25) is 0 Å². The van der Waals surface area contributed by atoms with Crippen LogP contribution in [0.3, 0.4) is 0 Å². The Morgan fingerprint density at radius 2 is 1.50 bits per heavy atom. The Hall–Kier alpha value is -2.90. The average Bonchev–Trinajstić information content (AvgIpc) is 2.71. The highest BCUT2D eigenvalue weighted by molar-refractivity contribution is 5.80. The van der Waals surface area contributed by atoms with Crippen molar-refractivity contribution in [2.24, 2.45) is 0 Å². The van der Waals surface area contributed by atoms with E-state index in [4.69, 9.17) is 14.2 Å². The van der Waals surface area contributed by atoms with Gasteiger partial charge in [0, 0.05) is 0 Å². The molecule has 0 aliphatic rings. The van der Waals surface area contributed by atoms with Crippen molar-refractivity contribution in [1.82, 2.24) is 5.32 Å². The fraction of sp³-hybridized carbons (Fsp3) is 0.333. The van der Waals surface area contributed by atoms with Gasteiger partial charge in [-0.05, 0) is 18.1 Å². The first-order valence-corrected chi connectivity index (χ1v) is 8.98. The topological polar surface area (TPSA) is 94.1 Å². The smallest absolute Gasteiger partial charge is 0.408 e. The van der Waals surface area contributed by atoms with Crippen molar-refractivity contribution in [2.45, 2.75) is 32.3 Å². The molecule has 0 aliphatic heterocycles. The van der Waals surface area contributed by atoms with Gasteiger partial charge in [0.05, 0.1) is 25.9 Å². The first-order chi connectivity index (χ1) is 13.5. The van der Waals surface area contributed by atoms with Crippen LogP contribution >= 0.6 is 0 Å². The molecule has 0 aromatic heterocycles. The van der Waals surface area contributed by atoms with Gasteiger partial charge in [-0.15, -0.1) is 0 Å². The van der Waals surface area contributed by atoms with Crippen molar-refractivity contribution in [2.75, 3.05) is 13.2 Å². The van der Waals surface area contributed by atoms with Gasteiger partial charge in [-0.2, -0.15) is 0 Å². The van der Waals surface area contributed by atoms with Gasteiger partial charge in [0.2, 0.25) is 0 Å². The maximum absolute atomic E-state index is 11.8. The van der Waals surface area contributed by atoms with Crippen LogP contribution in [-0.4, -0.2) is 42.5 Å². The first-order valence-electron chi connectivity index (χ1n) is 8.98. The highest BCUT2D eigenvalue weighted by Gasteiger charge is 2.21. The number of alkyl carbamates (subject to hydrolysis) is 1. The molecule has 28 heavy (non-hydrogen) atoms. The lowest BCUT2D eigenvalue weighted by Crippen LogP contribution is -2.44. The van der Waals surface area contributed by atoms with E-state index < -0.39 is 18.1 Å². The van der Waals surface area contributed by atoms with E-state index in [0.717, 1.165) is 11.1 Å². The van der Waals surface area contributed by atoms with Crippen LogP contribution in [0.15, 0.2) is 60.7 Å². The van der Waals surface area contributed by atoms with Crippen molar-refractivity contribution in [3.05, 3.63) is 71.8 Å². The molecule has 7 nitrogen and oxygen atoms in total. The zero-order chi connectivity index (χ0) is 20.2. The highest BCUT2D eigenvalue weighted by Crippen LogP contribution is 2.04. The van der Waals surface area contributed by atoms with Crippen molar-refractivity contribution in [3.8, 4) is 0 Å². The largest absolute Gasteiger partial charge is 0.480 e. The third-order valence-corrected chi connectivity index (χ3v) is 3.82. The first kappa shape index (κ1) is 21.4. The Morgan fingerprint density at radius 1 is 0.929 bits per heavy atom. The monoisotopic (exact) mass is 387 g/mol. The molecule has 2 aromatic carbocycles. The van der Waals surface area contributed by atoms with Gasteiger partial charge >= 0.3 is 12.1 Å². The zero-order valence-electron chi connectivity index (χ0n) is 15.7. The second-order valence-electron chi connectivity index (χ2n) is 6.24. The molecule has 1 amide bonds. The Bertz CT molecular complexity index is 722. The molecule has 2 rings (SSSR count). The summed E-state index contributed by atoms with van der Waals surface area (Å²) in [6, 6.07) is 17.6. The highest BCUT2D eigenvalue weighted by atomic mass is 16.6. The van der Waals surface area contributed by atoms with E-state index in [2.05, 4.69) is 5.32 Å². The molecule has 0 bridgehead atoms. The lowest BCUT2D eigenvalue weighted by molar-refractivity contribution is -0.141. The Labute approximate surface area is 164 Å². The maximum Gasteiger partial charge on any atom is 0.408 e. The molecular weight excluding hydrogens is 362 g/mol. The summed E-state index contributed by atoms with van der Waals surface area (Å²) in [7, 11) is 0. The number of benzene rings is 2. The van der Waals surface area contributed by atoms with Crippen LogP contribution in [0.4, 0.5) is 4.79 Å². The third-order valence-electron chi connectivity index (χ3n) is 3.82. The van der Waals surface area contributed by atoms with Crippen LogP contribution in [0.2, 0.25) is 0 Å². The van der Waals surface area contributed by atoms with Crippen LogP contribution in [-0.2, 0) is 32.2 Å². The molecule has 0 heterocycles. The van der Waals surface area contributed by atoms with E-state index in [0.29, 0.717) is 6.61 Å². The molecule has 0 radical (unpaired) electrons. The number of carbonyl (C=O) groups excluding carboxylic acids is 1. The molecule has 7 heteroatoms. The molecule has 2 atom stereocenters. The van der Waals surface area contributed by atoms with Crippen LogP contribution in [0, 0.1) is 0 Å². The number of amides is 1. The zero-order valence-corrected chi connectivity index (χ0v) is 15.7. The Kier molecular flexibility index (Phi) is 8.97. The number of hydrogen-bond acceptors (Lipinski definition) is 5. The van der Waals surface area contributed by atoms with Gasteiger partial charge in [0.1, 0.15) is 6.61 Å². The van der Waals surface area contributed by atoms with Gasteiger partial charge in [0.25, 0.3) is 0 Å². The summed E-state index contributed by atoms with van der Waals surface area (Å²) in [5, 5.41) is 11.5. The molecule has 0 saturated carbocycles. The van der Waals surface area contributed by atoms with E-state index in [-0.39, 0.29) is 25.9 Å². The molecule has 0 spiro atoms. The quantitative estimate of drug-likeness (QED) is 0.616. The summed E-state index contributed by atoms with van der Waals surface area (Å²) in [6.45, 7) is 2.36. The molecular formula is C21H25NO6. The number of rotatable bonds is 11. The minimum Gasteiger partial charge on any atom is -0.480 e. The standard InChI is InChI=1S/C21H25NO6/c1-16(27-13-17-8-4-2-5-9-17)12-26-15-19(20(23)24)22-21(25)28-14-18-10-6-3-7-11-18/h2-11,16,19H,12-15H2,1H3,(H,22,25)(H,23,24)/t16-,19-/m0/s1. The predicted molar refractivity (Wildman–Crippen MR) is 103 cm³/mol. The molecule has 0 saturated heterocycles.